The maximum atomic E-state index is 11.9. The Kier molecular flexibility index (Phi) is 4.38. The molecule has 0 aromatic heterocycles. The van der Waals surface area contributed by atoms with E-state index in [0.29, 0.717) is 5.78 Å². The third kappa shape index (κ3) is 2.58. The van der Waals surface area contributed by atoms with E-state index in [9.17, 15) is 9.59 Å². The van der Waals surface area contributed by atoms with E-state index in [-0.39, 0.29) is 24.0 Å². The molecule has 1 heterocycles. The van der Waals surface area contributed by atoms with Gasteiger partial charge in [0.1, 0.15) is 11.8 Å². The molecular formula is C14H23NO3. The van der Waals surface area contributed by atoms with Crippen molar-refractivity contribution in [3.63, 3.8) is 0 Å². The second kappa shape index (κ2) is 5.83. The number of carbonyl (C=O) groups is 2. The van der Waals surface area contributed by atoms with Gasteiger partial charge in [-0.15, -0.1) is 0 Å². The third-order valence-electron chi connectivity index (χ3n) is 4.45. The molecule has 1 saturated carbocycles. The van der Waals surface area contributed by atoms with Gasteiger partial charge in [-0.1, -0.05) is 6.42 Å². The highest BCUT2D eigenvalue weighted by molar-refractivity contribution is 5.83. The first-order chi connectivity index (χ1) is 8.65. The molecule has 2 rings (SSSR count). The molecular weight excluding hydrogens is 230 g/mol. The van der Waals surface area contributed by atoms with Gasteiger partial charge in [-0.25, -0.2) is 0 Å². The number of esters is 1. The molecule has 0 amide bonds. The van der Waals surface area contributed by atoms with E-state index in [1.165, 1.54) is 13.5 Å². The summed E-state index contributed by atoms with van der Waals surface area (Å²) in [7, 11) is 1.43. The molecule has 1 aliphatic carbocycles. The van der Waals surface area contributed by atoms with E-state index in [0.717, 1.165) is 38.6 Å². The molecule has 3 unspecified atom stereocenters. The molecule has 18 heavy (non-hydrogen) atoms. The SMILES string of the molecule is COC(=O)C(C)N1CCCCC1C1CCCC1=O. The third-order valence-corrected chi connectivity index (χ3v) is 4.45. The highest BCUT2D eigenvalue weighted by Crippen LogP contribution is 2.33. The standard InChI is InChI=1S/C14H23NO3/c1-10(14(17)18-2)15-9-4-3-7-12(15)11-6-5-8-13(11)16/h10-12H,3-9H2,1-2H3. The molecule has 2 fully saturated rings. The van der Waals surface area contributed by atoms with Crippen LogP contribution in [0.15, 0.2) is 0 Å². The summed E-state index contributed by atoms with van der Waals surface area (Å²) in [4.78, 5) is 25.8. The fraction of sp³-hybridized carbons (Fsp3) is 0.857. The lowest BCUT2D eigenvalue weighted by Crippen LogP contribution is -2.52. The van der Waals surface area contributed by atoms with Gasteiger partial charge in [0, 0.05) is 18.4 Å². The van der Waals surface area contributed by atoms with Crippen LogP contribution in [0.4, 0.5) is 0 Å². The second-order valence-electron chi connectivity index (χ2n) is 5.47. The van der Waals surface area contributed by atoms with E-state index in [2.05, 4.69) is 4.90 Å². The lowest BCUT2D eigenvalue weighted by atomic mass is 9.87. The van der Waals surface area contributed by atoms with Crippen molar-refractivity contribution in [1.82, 2.24) is 4.90 Å². The number of rotatable bonds is 3. The molecule has 1 aliphatic heterocycles. The largest absolute Gasteiger partial charge is 0.468 e. The minimum Gasteiger partial charge on any atom is -0.468 e. The molecule has 0 radical (unpaired) electrons. The van der Waals surface area contributed by atoms with Crippen molar-refractivity contribution in [1.29, 1.82) is 0 Å². The zero-order valence-electron chi connectivity index (χ0n) is 11.4. The van der Waals surface area contributed by atoms with Crippen molar-refractivity contribution in [2.75, 3.05) is 13.7 Å². The van der Waals surface area contributed by atoms with Crippen molar-refractivity contribution in [2.24, 2.45) is 5.92 Å². The number of Topliss-reactive ketones (excluding diaryl/α,β-unsaturated/α-hetero) is 1. The van der Waals surface area contributed by atoms with Crippen molar-refractivity contribution < 1.29 is 14.3 Å². The normalized spacial score (nSPS) is 31.3. The topological polar surface area (TPSA) is 46.6 Å². The Morgan fingerprint density at radius 3 is 2.72 bits per heavy atom. The summed E-state index contributed by atoms with van der Waals surface area (Å²) in [6.45, 7) is 2.80. The molecule has 0 aromatic carbocycles. The molecule has 2 aliphatic rings. The summed E-state index contributed by atoms with van der Waals surface area (Å²) in [6, 6.07) is 0.0246. The van der Waals surface area contributed by atoms with E-state index in [1.807, 2.05) is 6.92 Å². The molecule has 4 nitrogen and oxygen atoms in total. The minimum absolute atomic E-state index is 0.150. The Hall–Kier alpha value is -0.900. The van der Waals surface area contributed by atoms with E-state index < -0.39 is 0 Å². The number of ketones is 1. The molecule has 3 atom stereocenters. The smallest absolute Gasteiger partial charge is 0.322 e. The van der Waals surface area contributed by atoms with Crippen molar-refractivity contribution in [2.45, 2.75) is 57.5 Å². The van der Waals surface area contributed by atoms with Crippen LogP contribution in [0.2, 0.25) is 0 Å². The van der Waals surface area contributed by atoms with Crippen LogP contribution < -0.4 is 0 Å². The number of nitrogens with zero attached hydrogens (tertiary/aromatic N) is 1. The van der Waals surface area contributed by atoms with Gasteiger partial charge in [-0.2, -0.15) is 0 Å². The number of carbonyl (C=O) groups excluding carboxylic acids is 2. The van der Waals surface area contributed by atoms with Gasteiger partial charge in [-0.05, 0) is 39.2 Å². The monoisotopic (exact) mass is 253 g/mol. The Labute approximate surface area is 109 Å². The van der Waals surface area contributed by atoms with Gasteiger partial charge in [0.25, 0.3) is 0 Å². The first-order valence-corrected chi connectivity index (χ1v) is 7.01. The average molecular weight is 253 g/mol. The van der Waals surface area contributed by atoms with Crippen LogP contribution in [0.25, 0.3) is 0 Å². The number of likely N-dealkylation sites (tertiary alicyclic amines) is 1. The predicted octanol–water partition coefficient (Wildman–Crippen LogP) is 1.77. The van der Waals surface area contributed by atoms with E-state index >= 15 is 0 Å². The van der Waals surface area contributed by atoms with Crippen molar-refractivity contribution >= 4 is 11.8 Å². The molecule has 0 N–H and O–H groups in total. The first kappa shape index (κ1) is 13.5. The summed E-state index contributed by atoms with van der Waals surface area (Å²) in [6.07, 6.45) is 6.05. The minimum atomic E-state index is -0.228. The van der Waals surface area contributed by atoms with Crippen molar-refractivity contribution in [3.05, 3.63) is 0 Å². The molecule has 1 saturated heterocycles. The zero-order valence-corrected chi connectivity index (χ0v) is 11.4. The van der Waals surface area contributed by atoms with Gasteiger partial charge < -0.3 is 4.74 Å². The molecule has 102 valence electrons. The molecule has 4 heteroatoms. The Balaban J connectivity index is 2.10. The number of piperidine rings is 1. The Bertz CT molecular complexity index is 329. The van der Waals surface area contributed by atoms with E-state index in [1.54, 1.807) is 0 Å². The average Bonchev–Trinajstić information content (AvgIpc) is 2.83. The summed E-state index contributed by atoms with van der Waals surface area (Å²) in [5.74, 6) is 0.355. The van der Waals surface area contributed by atoms with Gasteiger partial charge in [0.15, 0.2) is 0 Å². The predicted molar refractivity (Wildman–Crippen MR) is 68.2 cm³/mol. The van der Waals surface area contributed by atoms with Gasteiger partial charge >= 0.3 is 5.97 Å². The zero-order chi connectivity index (χ0) is 13.1. The van der Waals surface area contributed by atoms with Gasteiger partial charge in [-0.3, -0.25) is 14.5 Å². The lowest BCUT2D eigenvalue weighted by Gasteiger charge is -2.41. The lowest BCUT2D eigenvalue weighted by molar-refractivity contribution is -0.149. The van der Waals surface area contributed by atoms with E-state index in [4.69, 9.17) is 4.74 Å². The van der Waals surface area contributed by atoms with Crippen LogP contribution in [0.1, 0.15) is 45.4 Å². The highest BCUT2D eigenvalue weighted by atomic mass is 16.5. The molecule has 0 bridgehead atoms. The van der Waals surface area contributed by atoms with Gasteiger partial charge in [0.05, 0.1) is 7.11 Å². The van der Waals surface area contributed by atoms with Crippen molar-refractivity contribution in [3.8, 4) is 0 Å². The van der Waals surface area contributed by atoms with Crippen LogP contribution in [0.3, 0.4) is 0 Å². The van der Waals surface area contributed by atoms with Crippen LogP contribution in [0, 0.1) is 5.92 Å². The summed E-state index contributed by atoms with van der Waals surface area (Å²) < 4.78 is 4.84. The maximum absolute atomic E-state index is 11.9. The summed E-state index contributed by atoms with van der Waals surface area (Å²) >= 11 is 0. The van der Waals surface area contributed by atoms with Crippen LogP contribution >= 0.6 is 0 Å². The summed E-state index contributed by atoms with van der Waals surface area (Å²) in [5.41, 5.74) is 0. The highest BCUT2D eigenvalue weighted by Gasteiger charge is 2.39. The molecule has 0 spiro atoms. The number of hydrogen-bond acceptors (Lipinski definition) is 4. The number of hydrogen-bond donors (Lipinski definition) is 0. The quantitative estimate of drug-likeness (QED) is 0.719. The maximum Gasteiger partial charge on any atom is 0.322 e. The first-order valence-electron chi connectivity index (χ1n) is 7.01. The Morgan fingerprint density at radius 2 is 2.11 bits per heavy atom. The fourth-order valence-corrected chi connectivity index (χ4v) is 3.45. The second-order valence-corrected chi connectivity index (χ2v) is 5.47. The van der Waals surface area contributed by atoms with Crippen LogP contribution in [-0.4, -0.2) is 42.4 Å². The Morgan fingerprint density at radius 1 is 1.33 bits per heavy atom. The van der Waals surface area contributed by atoms with Crippen LogP contribution in [0.5, 0.6) is 0 Å². The number of methoxy groups -OCH3 is 1. The van der Waals surface area contributed by atoms with Gasteiger partial charge in [0.2, 0.25) is 0 Å². The fourth-order valence-electron chi connectivity index (χ4n) is 3.45. The van der Waals surface area contributed by atoms with Crippen LogP contribution in [-0.2, 0) is 14.3 Å². The summed E-state index contributed by atoms with van der Waals surface area (Å²) in [5, 5.41) is 0. The number of ether oxygens (including phenoxy) is 1. The molecule has 0 aromatic rings.